The Balaban J connectivity index is 1.41. The lowest BCUT2D eigenvalue weighted by atomic mass is 10.2. The highest BCUT2D eigenvalue weighted by atomic mass is 15.1. The van der Waals surface area contributed by atoms with E-state index in [0.717, 1.165) is 50.8 Å². The molecule has 0 N–H and O–H groups in total. The SMILES string of the molecule is c1ccc(-c2cc3ccccc3n2-c2ccc(-n3c(-c4ccccn4)nc4ccccc43)cc2)nc1. The molecule has 0 radical (unpaired) electrons. The summed E-state index contributed by atoms with van der Waals surface area (Å²) in [6, 6.07) is 39.4. The highest BCUT2D eigenvalue weighted by Crippen LogP contribution is 2.32. The van der Waals surface area contributed by atoms with Gasteiger partial charge in [-0.2, -0.15) is 0 Å². The summed E-state index contributed by atoms with van der Waals surface area (Å²) in [6.45, 7) is 0. The number of imidazole rings is 1. The van der Waals surface area contributed by atoms with Crippen LogP contribution < -0.4 is 0 Å². The van der Waals surface area contributed by atoms with E-state index in [1.807, 2.05) is 54.7 Å². The van der Waals surface area contributed by atoms with Crippen LogP contribution in [-0.4, -0.2) is 24.1 Å². The van der Waals surface area contributed by atoms with E-state index in [1.54, 1.807) is 6.20 Å². The molecule has 7 rings (SSSR count). The molecule has 3 aromatic carbocycles. The van der Waals surface area contributed by atoms with E-state index in [2.05, 4.69) is 85.8 Å². The Kier molecular flexibility index (Phi) is 4.71. The van der Waals surface area contributed by atoms with Gasteiger partial charge in [0.05, 0.1) is 27.9 Å². The number of fused-ring (bicyclic) bond motifs is 2. The fraction of sp³-hybridized carbons (Fsp3) is 0. The third kappa shape index (κ3) is 3.29. The van der Waals surface area contributed by atoms with E-state index in [0.29, 0.717) is 0 Å². The molecule has 0 aliphatic rings. The van der Waals surface area contributed by atoms with E-state index < -0.39 is 0 Å². The Morgan fingerprint density at radius 1 is 0.500 bits per heavy atom. The number of benzene rings is 3. The number of pyridine rings is 2. The van der Waals surface area contributed by atoms with Gasteiger partial charge in [-0.05, 0) is 72.8 Å². The number of hydrogen-bond donors (Lipinski definition) is 0. The molecule has 0 amide bonds. The van der Waals surface area contributed by atoms with Gasteiger partial charge in [-0.3, -0.25) is 14.5 Å². The predicted octanol–water partition coefficient (Wildman–Crippen LogP) is 7.09. The minimum absolute atomic E-state index is 0.824. The Hall–Kier alpha value is -5.03. The molecule has 0 aliphatic carbocycles. The summed E-state index contributed by atoms with van der Waals surface area (Å²) < 4.78 is 4.45. The van der Waals surface area contributed by atoms with E-state index in [4.69, 9.17) is 4.98 Å². The minimum atomic E-state index is 0.824. The summed E-state index contributed by atoms with van der Waals surface area (Å²) in [4.78, 5) is 14.1. The summed E-state index contributed by atoms with van der Waals surface area (Å²) in [5.74, 6) is 0.824. The van der Waals surface area contributed by atoms with Crippen LogP contribution >= 0.6 is 0 Å². The third-order valence-corrected chi connectivity index (χ3v) is 6.46. The van der Waals surface area contributed by atoms with Gasteiger partial charge in [-0.1, -0.05) is 42.5 Å². The lowest BCUT2D eigenvalue weighted by Crippen LogP contribution is -2.01. The highest BCUT2D eigenvalue weighted by molar-refractivity contribution is 5.89. The van der Waals surface area contributed by atoms with Crippen molar-refractivity contribution in [2.24, 2.45) is 0 Å². The molecule has 36 heavy (non-hydrogen) atoms. The van der Waals surface area contributed by atoms with Crippen LogP contribution in [0.15, 0.2) is 128 Å². The van der Waals surface area contributed by atoms with Crippen molar-refractivity contribution in [3.63, 3.8) is 0 Å². The smallest absolute Gasteiger partial charge is 0.164 e. The molecule has 0 unspecified atom stereocenters. The Bertz CT molecular complexity index is 1680. The second-order valence-corrected chi connectivity index (χ2v) is 8.63. The van der Waals surface area contributed by atoms with Gasteiger partial charge < -0.3 is 4.57 Å². The number of aromatic nitrogens is 5. The summed E-state index contributed by atoms with van der Waals surface area (Å²) in [6.07, 6.45) is 3.64. The van der Waals surface area contributed by atoms with Crippen molar-refractivity contribution in [1.82, 2.24) is 24.1 Å². The van der Waals surface area contributed by atoms with Crippen LogP contribution in [0.25, 0.3) is 56.2 Å². The zero-order valence-electron chi connectivity index (χ0n) is 19.4. The van der Waals surface area contributed by atoms with Gasteiger partial charge in [0.15, 0.2) is 5.82 Å². The fourth-order valence-electron chi connectivity index (χ4n) is 4.84. The quantitative estimate of drug-likeness (QED) is 0.280. The Morgan fingerprint density at radius 2 is 1.11 bits per heavy atom. The highest BCUT2D eigenvalue weighted by Gasteiger charge is 2.16. The first-order valence-corrected chi connectivity index (χ1v) is 11.9. The maximum Gasteiger partial charge on any atom is 0.164 e. The molecular formula is C31H21N5. The average Bonchev–Trinajstić information content (AvgIpc) is 3.53. The van der Waals surface area contributed by atoms with Crippen molar-refractivity contribution < 1.29 is 0 Å². The van der Waals surface area contributed by atoms with E-state index in [-0.39, 0.29) is 0 Å². The molecule has 0 bridgehead atoms. The number of rotatable bonds is 4. The average molecular weight is 464 g/mol. The van der Waals surface area contributed by atoms with Crippen molar-refractivity contribution in [3.05, 3.63) is 128 Å². The predicted molar refractivity (Wildman–Crippen MR) is 144 cm³/mol. The van der Waals surface area contributed by atoms with Crippen molar-refractivity contribution >= 4 is 21.9 Å². The second-order valence-electron chi connectivity index (χ2n) is 8.63. The molecule has 0 aliphatic heterocycles. The maximum absolute atomic E-state index is 4.91. The molecule has 4 aromatic heterocycles. The van der Waals surface area contributed by atoms with Crippen LogP contribution in [0.5, 0.6) is 0 Å². The van der Waals surface area contributed by atoms with E-state index in [9.17, 15) is 0 Å². The summed E-state index contributed by atoms with van der Waals surface area (Å²) in [7, 11) is 0. The number of para-hydroxylation sites is 3. The van der Waals surface area contributed by atoms with Crippen molar-refractivity contribution in [2.45, 2.75) is 0 Å². The minimum Gasteiger partial charge on any atom is -0.308 e. The van der Waals surface area contributed by atoms with E-state index >= 15 is 0 Å². The first-order chi connectivity index (χ1) is 17.9. The Labute approximate surface area is 208 Å². The van der Waals surface area contributed by atoms with Crippen molar-refractivity contribution in [3.8, 4) is 34.3 Å². The van der Waals surface area contributed by atoms with Gasteiger partial charge in [0, 0.05) is 29.2 Å². The van der Waals surface area contributed by atoms with Gasteiger partial charge in [-0.25, -0.2) is 4.98 Å². The summed E-state index contributed by atoms with van der Waals surface area (Å²) in [5, 5.41) is 1.18. The third-order valence-electron chi connectivity index (χ3n) is 6.46. The lowest BCUT2D eigenvalue weighted by Gasteiger charge is -2.13. The van der Waals surface area contributed by atoms with Gasteiger partial charge in [0.2, 0.25) is 0 Å². The first-order valence-electron chi connectivity index (χ1n) is 11.9. The number of nitrogens with zero attached hydrogens (tertiary/aromatic N) is 5. The van der Waals surface area contributed by atoms with Crippen molar-refractivity contribution in [1.29, 1.82) is 0 Å². The van der Waals surface area contributed by atoms with Crippen LogP contribution in [0, 0.1) is 0 Å². The molecule has 0 fully saturated rings. The molecule has 4 heterocycles. The standard InChI is InChI=1S/C31H21N5/c1-3-13-28-22(9-1)21-30(25-10-5-7-19-32-25)35(28)23-15-17-24(18-16-23)36-29-14-4-2-11-26(29)34-31(36)27-12-6-8-20-33-27/h1-21H. The zero-order chi connectivity index (χ0) is 23.9. The van der Waals surface area contributed by atoms with Crippen molar-refractivity contribution in [2.75, 3.05) is 0 Å². The fourth-order valence-corrected chi connectivity index (χ4v) is 4.84. The molecule has 5 heteroatoms. The molecular weight excluding hydrogens is 442 g/mol. The molecule has 7 aromatic rings. The number of hydrogen-bond acceptors (Lipinski definition) is 3. The van der Waals surface area contributed by atoms with E-state index in [1.165, 1.54) is 5.39 Å². The largest absolute Gasteiger partial charge is 0.308 e. The summed E-state index contributed by atoms with van der Waals surface area (Å²) >= 11 is 0. The van der Waals surface area contributed by atoms with Gasteiger partial charge in [0.25, 0.3) is 0 Å². The maximum atomic E-state index is 4.91. The lowest BCUT2D eigenvalue weighted by molar-refractivity contribution is 1.07. The normalized spacial score (nSPS) is 11.3. The zero-order valence-corrected chi connectivity index (χ0v) is 19.4. The monoisotopic (exact) mass is 463 g/mol. The van der Waals surface area contributed by atoms with Crippen LogP contribution in [0.3, 0.4) is 0 Å². The van der Waals surface area contributed by atoms with Crippen LogP contribution in [0.4, 0.5) is 0 Å². The molecule has 170 valence electrons. The summed E-state index contributed by atoms with van der Waals surface area (Å²) in [5.41, 5.74) is 8.08. The molecule has 0 spiro atoms. The van der Waals surface area contributed by atoms with Gasteiger partial charge in [-0.15, -0.1) is 0 Å². The molecule has 0 saturated carbocycles. The molecule has 0 atom stereocenters. The van der Waals surface area contributed by atoms with Gasteiger partial charge >= 0.3 is 0 Å². The topological polar surface area (TPSA) is 48.5 Å². The molecule has 0 saturated heterocycles. The van der Waals surface area contributed by atoms with Crippen LogP contribution in [0.1, 0.15) is 0 Å². The van der Waals surface area contributed by atoms with Gasteiger partial charge in [0.1, 0.15) is 5.69 Å². The first kappa shape index (κ1) is 20.4. The second kappa shape index (κ2) is 8.32. The van der Waals surface area contributed by atoms with Crippen LogP contribution in [-0.2, 0) is 0 Å². The van der Waals surface area contributed by atoms with Crippen LogP contribution in [0.2, 0.25) is 0 Å². The Morgan fingerprint density at radius 3 is 1.83 bits per heavy atom. The molecule has 5 nitrogen and oxygen atoms in total.